The van der Waals surface area contributed by atoms with Crippen molar-refractivity contribution in [2.24, 2.45) is 0 Å². The van der Waals surface area contributed by atoms with E-state index in [0.717, 1.165) is 29.6 Å². The van der Waals surface area contributed by atoms with Crippen molar-refractivity contribution in [1.29, 1.82) is 0 Å². The fourth-order valence-electron chi connectivity index (χ4n) is 2.32. The van der Waals surface area contributed by atoms with E-state index < -0.39 is 0 Å². The molecule has 2 rings (SSSR count). The number of halogens is 1. The highest BCUT2D eigenvalue weighted by Crippen LogP contribution is 2.44. The Morgan fingerprint density at radius 1 is 1.39 bits per heavy atom. The molecule has 0 amide bonds. The Morgan fingerprint density at radius 2 is 2.06 bits per heavy atom. The molecule has 0 N–H and O–H groups in total. The minimum atomic E-state index is 0.144. The highest BCUT2D eigenvalue weighted by atomic mass is 35.5. The van der Waals surface area contributed by atoms with Crippen molar-refractivity contribution in [3.8, 4) is 11.5 Å². The summed E-state index contributed by atoms with van der Waals surface area (Å²) >= 11 is 6.23. The monoisotopic (exact) mass is 268 g/mol. The average molecular weight is 269 g/mol. The second-order valence-electron chi connectivity index (χ2n) is 4.44. The predicted molar refractivity (Wildman–Crippen MR) is 70.9 cm³/mol. The van der Waals surface area contributed by atoms with Gasteiger partial charge in [0.2, 0.25) is 0 Å². The normalized spacial score (nSPS) is 15.3. The molecule has 1 heterocycles. The van der Waals surface area contributed by atoms with Gasteiger partial charge in [-0.2, -0.15) is 0 Å². The first-order valence-corrected chi connectivity index (χ1v) is 6.61. The van der Waals surface area contributed by atoms with E-state index in [4.69, 9.17) is 21.1 Å². The molecular weight excluding hydrogens is 252 g/mol. The van der Waals surface area contributed by atoms with Crippen molar-refractivity contribution in [2.45, 2.75) is 32.6 Å². The molecule has 1 unspecified atom stereocenters. The Hall–Kier alpha value is -1.22. The number of hydrogen-bond donors (Lipinski definition) is 0. The number of hydrogen-bond acceptors (Lipinski definition) is 3. The first-order chi connectivity index (χ1) is 8.69. The van der Waals surface area contributed by atoms with Gasteiger partial charge in [-0.15, -0.1) is 0 Å². The van der Waals surface area contributed by atoms with Crippen LogP contribution in [0.15, 0.2) is 6.07 Å². The Kier molecular flexibility index (Phi) is 4.12. The van der Waals surface area contributed by atoms with E-state index in [-0.39, 0.29) is 5.92 Å². The summed E-state index contributed by atoms with van der Waals surface area (Å²) in [6.07, 6.45) is 2.26. The van der Waals surface area contributed by atoms with Gasteiger partial charge in [0.25, 0.3) is 0 Å². The first-order valence-electron chi connectivity index (χ1n) is 6.23. The molecule has 3 nitrogen and oxygen atoms in total. The lowest BCUT2D eigenvalue weighted by Crippen LogP contribution is -2.18. The summed E-state index contributed by atoms with van der Waals surface area (Å²) in [6.45, 7) is 5.16. The number of ether oxygens (including phenoxy) is 2. The third-order valence-corrected chi connectivity index (χ3v) is 3.52. The van der Waals surface area contributed by atoms with Gasteiger partial charge < -0.3 is 14.3 Å². The number of carbonyl (C=O) groups is 1. The van der Waals surface area contributed by atoms with Crippen LogP contribution in [0.3, 0.4) is 0 Å². The van der Waals surface area contributed by atoms with Crippen LogP contribution in [0, 0.1) is 0 Å². The zero-order valence-corrected chi connectivity index (χ0v) is 11.4. The highest BCUT2D eigenvalue weighted by Gasteiger charge is 2.23. The largest absolute Gasteiger partial charge is 0.486 e. The van der Waals surface area contributed by atoms with Gasteiger partial charge in [-0.25, -0.2) is 0 Å². The number of fused-ring (bicyclic) bond motifs is 1. The minimum Gasteiger partial charge on any atom is -0.486 e. The summed E-state index contributed by atoms with van der Waals surface area (Å²) in [5.74, 6) is 1.54. The Morgan fingerprint density at radius 3 is 2.67 bits per heavy atom. The molecule has 0 radical (unpaired) electrons. The topological polar surface area (TPSA) is 35.5 Å². The lowest BCUT2D eigenvalue weighted by Gasteiger charge is -2.25. The Bertz CT molecular complexity index is 457. The summed E-state index contributed by atoms with van der Waals surface area (Å²) in [5.41, 5.74) is 2.18. The molecule has 18 heavy (non-hydrogen) atoms. The van der Waals surface area contributed by atoms with E-state index in [1.54, 1.807) is 0 Å². The van der Waals surface area contributed by atoms with E-state index in [0.29, 0.717) is 30.4 Å². The van der Waals surface area contributed by atoms with Gasteiger partial charge in [0.05, 0.1) is 5.02 Å². The van der Waals surface area contributed by atoms with Crippen LogP contribution in [0.4, 0.5) is 0 Å². The van der Waals surface area contributed by atoms with Crippen LogP contribution in [0.1, 0.15) is 37.3 Å². The van der Waals surface area contributed by atoms with Crippen LogP contribution < -0.4 is 9.47 Å². The molecule has 4 heteroatoms. The molecule has 0 saturated heterocycles. The molecule has 1 aromatic rings. The molecule has 0 fully saturated rings. The van der Waals surface area contributed by atoms with Crippen LogP contribution >= 0.6 is 11.6 Å². The van der Waals surface area contributed by atoms with Crippen LogP contribution in [-0.4, -0.2) is 19.5 Å². The average Bonchev–Trinajstić information content (AvgIpc) is 2.39. The van der Waals surface area contributed by atoms with Gasteiger partial charge in [0.1, 0.15) is 19.5 Å². The van der Waals surface area contributed by atoms with Gasteiger partial charge in [0, 0.05) is 12.0 Å². The Labute approximate surface area is 112 Å². The smallest absolute Gasteiger partial charge is 0.180 e. The molecule has 1 aliphatic heterocycles. The third-order valence-electron chi connectivity index (χ3n) is 3.24. The van der Waals surface area contributed by atoms with Gasteiger partial charge in [-0.3, -0.25) is 0 Å². The van der Waals surface area contributed by atoms with Crippen molar-refractivity contribution >= 4 is 17.9 Å². The molecule has 0 spiro atoms. The molecule has 1 aliphatic rings. The summed E-state index contributed by atoms with van der Waals surface area (Å²) in [4.78, 5) is 10.7. The minimum absolute atomic E-state index is 0.144. The van der Waals surface area contributed by atoms with Crippen LogP contribution in [-0.2, 0) is 11.2 Å². The first kappa shape index (κ1) is 13.2. The van der Waals surface area contributed by atoms with Crippen molar-refractivity contribution < 1.29 is 14.3 Å². The summed E-state index contributed by atoms with van der Waals surface area (Å²) < 4.78 is 11.3. The Balaban J connectivity index is 2.53. The fourth-order valence-corrected chi connectivity index (χ4v) is 2.57. The standard InChI is InChI=1S/C14H17ClO3/c1-3-10-11(9(2)4-5-16)8-12(15)14-13(10)17-6-7-18-14/h5,8-9H,3-4,6-7H2,1-2H3. The van der Waals surface area contributed by atoms with Crippen molar-refractivity contribution in [2.75, 3.05) is 13.2 Å². The number of benzene rings is 1. The number of aldehydes is 1. The SMILES string of the molecule is CCc1c(C(C)CC=O)cc(Cl)c2c1OCCO2. The predicted octanol–water partition coefficient (Wildman–Crippen LogP) is 3.37. The van der Waals surface area contributed by atoms with Gasteiger partial charge in [-0.05, 0) is 24.0 Å². The quantitative estimate of drug-likeness (QED) is 0.786. The molecule has 0 saturated carbocycles. The van der Waals surface area contributed by atoms with E-state index in [9.17, 15) is 4.79 Å². The maximum atomic E-state index is 10.7. The second-order valence-corrected chi connectivity index (χ2v) is 4.85. The molecule has 98 valence electrons. The van der Waals surface area contributed by atoms with E-state index >= 15 is 0 Å². The molecule has 1 atom stereocenters. The maximum Gasteiger partial charge on any atom is 0.180 e. The van der Waals surface area contributed by atoms with Gasteiger partial charge >= 0.3 is 0 Å². The van der Waals surface area contributed by atoms with E-state index in [1.807, 2.05) is 13.0 Å². The molecule has 0 bridgehead atoms. The van der Waals surface area contributed by atoms with Crippen molar-refractivity contribution in [3.05, 3.63) is 22.2 Å². The molecule has 0 aromatic heterocycles. The highest BCUT2D eigenvalue weighted by molar-refractivity contribution is 6.32. The molecular formula is C14H17ClO3. The summed E-state index contributed by atoms with van der Waals surface area (Å²) in [7, 11) is 0. The van der Waals surface area contributed by atoms with Crippen LogP contribution in [0.5, 0.6) is 11.5 Å². The molecule has 0 aliphatic carbocycles. The zero-order chi connectivity index (χ0) is 13.1. The number of carbonyl (C=O) groups excluding carboxylic acids is 1. The van der Waals surface area contributed by atoms with Gasteiger partial charge in [-0.1, -0.05) is 25.4 Å². The third kappa shape index (κ3) is 2.32. The number of rotatable bonds is 4. The lowest BCUT2D eigenvalue weighted by atomic mass is 9.91. The van der Waals surface area contributed by atoms with E-state index in [2.05, 4.69) is 6.92 Å². The van der Waals surface area contributed by atoms with Crippen molar-refractivity contribution in [3.63, 3.8) is 0 Å². The van der Waals surface area contributed by atoms with Crippen LogP contribution in [0.2, 0.25) is 5.02 Å². The van der Waals surface area contributed by atoms with Crippen molar-refractivity contribution in [1.82, 2.24) is 0 Å². The maximum absolute atomic E-state index is 10.7. The fraction of sp³-hybridized carbons (Fsp3) is 0.500. The summed E-state index contributed by atoms with van der Waals surface area (Å²) in [5, 5.41) is 0.564. The zero-order valence-electron chi connectivity index (χ0n) is 10.7. The molecule has 1 aromatic carbocycles. The second kappa shape index (κ2) is 5.61. The lowest BCUT2D eigenvalue weighted by molar-refractivity contribution is -0.108. The van der Waals surface area contributed by atoms with Gasteiger partial charge in [0.15, 0.2) is 11.5 Å². The van der Waals surface area contributed by atoms with Crippen LogP contribution in [0.25, 0.3) is 0 Å². The van der Waals surface area contributed by atoms with E-state index in [1.165, 1.54) is 0 Å². The summed E-state index contributed by atoms with van der Waals surface area (Å²) in [6, 6.07) is 1.90.